The Morgan fingerprint density at radius 3 is 2.40 bits per heavy atom. The van der Waals surface area contributed by atoms with Gasteiger partial charge in [-0.1, -0.05) is 19.9 Å². The van der Waals surface area contributed by atoms with E-state index < -0.39 is 0 Å². The molecular formula is C16H24Br2N2. The van der Waals surface area contributed by atoms with E-state index in [4.69, 9.17) is 0 Å². The molecule has 1 saturated heterocycles. The first-order valence-electron chi connectivity index (χ1n) is 7.47. The molecule has 0 bridgehead atoms. The average molecular weight is 404 g/mol. The molecule has 0 aromatic heterocycles. The summed E-state index contributed by atoms with van der Waals surface area (Å²) in [5, 5.41) is 3.45. The Morgan fingerprint density at radius 2 is 1.80 bits per heavy atom. The molecule has 0 aliphatic carbocycles. The number of rotatable bonds is 5. The molecule has 1 N–H and O–H groups in total. The van der Waals surface area contributed by atoms with Crippen LogP contribution in [0.25, 0.3) is 0 Å². The minimum absolute atomic E-state index is 0.545. The van der Waals surface area contributed by atoms with Crippen molar-refractivity contribution in [3.05, 3.63) is 32.7 Å². The molecule has 0 radical (unpaired) electrons. The summed E-state index contributed by atoms with van der Waals surface area (Å²) >= 11 is 7.21. The van der Waals surface area contributed by atoms with Gasteiger partial charge in [-0.2, -0.15) is 0 Å². The van der Waals surface area contributed by atoms with Gasteiger partial charge < -0.3 is 5.32 Å². The van der Waals surface area contributed by atoms with Crippen molar-refractivity contribution in [1.29, 1.82) is 0 Å². The molecule has 1 heterocycles. The fourth-order valence-corrected chi connectivity index (χ4v) is 3.41. The fraction of sp³-hybridized carbons (Fsp3) is 0.625. The van der Waals surface area contributed by atoms with Crippen LogP contribution in [0.4, 0.5) is 0 Å². The van der Waals surface area contributed by atoms with E-state index in [0.717, 1.165) is 41.0 Å². The summed E-state index contributed by atoms with van der Waals surface area (Å²) in [6.07, 6.45) is 2.52. The van der Waals surface area contributed by atoms with Crippen LogP contribution in [-0.2, 0) is 0 Å². The van der Waals surface area contributed by atoms with E-state index in [1.54, 1.807) is 0 Å². The van der Waals surface area contributed by atoms with Gasteiger partial charge in [-0.05, 0) is 68.3 Å². The Bertz CT molecular complexity index is 428. The zero-order valence-electron chi connectivity index (χ0n) is 12.3. The monoisotopic (exact) mass is 402 g/mol. The predicted octanol–water partition coefficient (Wildman–Crippen LogP) is 4.59. The second-order valence-corrected chi connectivity index (χ2v) is 7.66. The summed E-state index contributed by atoms with van der Waals surface area (Å²) in [5.41, 5.74) is 1.43. The van der Waals surface area contributed by atoms with E-state index >= 15 is 0 Å². The lowest BCUT2D eigenvalue weighted by Crippen LogP contribution is -2.45. The predicted molar refractivity (Wildman–Crippen MR) is 93.1 cm³/mol. The van der Waals surface area contributed by atoms with Gasteiger partial charge in [-0.15, -0.1) is 0 Å². The van der Waals surface area contributed by atoms with E-state index in [9.17, 15) is 0 Å². The lowest BCUT2D eigenvalue weighted by Gasteiger charge is -2.36. The molecule has 1 aromatic rings. The topological polar surface area (TPSA) is 15.3 Å². The van der Waals surface area contributed by atoms with Crippen molar-refractivity contribution in [2.75, 3.05) is 26.2 Å². The summed E-state index contributed by atoms with van der Waals surface area (Å²) in [7, 11) is 0. The Hall–Kier alpha value is 0.1000. The lowest BCUT2D eigenvalue weighted by molar-refractivity contribution is 0.159. The third-order valence-corrected chi connectivity index (χ3v) is 5.82. The lowest BCUT2D eigenvalue weighted by atomic mass is 9.96. The van der Waals surface area contributed by atoms with Crippen LogP contribution in [0.15, 0.2) is 27.1 Å². The normalized spacial score (nSPS) is 18.4. The molecule has 0 saturated carbocycles. The summed E-state index contributed by atoms with van der Waals surface area (Å²) in [6, 6.07) is 7.24. The molecule has 2 nitrogen and oxygen atoms in total. The van der Waals surface area contributed by atoms with Gasteiger partial charge in [-0.25, -0.2) is 0 Å². The third-order valence-electron chi connectivity index (χ3n) is 3.94. The molecule has 1 aromatic carbocycles. The minimum atomic E-state index is 0.545. The highest BCUT2D eigenvalue weighted by molar-refractivity contribution is 9.13. The quantitative estimate of drug-likeness (QED) is 0.772. The maximum absolute atomic E-state index is 3.64. The zero-order valence-corrected chi connectivity index (χ0v) is 15.5. The number of halogens is 2. The summed E-state index contributed by atoms with van der Waals surface area (Å²) in [5.74, 6) is 0.763. The molecule has 2 rings (SSSR count). The smallest absolute Gasteiger partial charge is 0.0349 e. The highest BCUT2D eigenvalue weighted by Crippen LogP contribution is 2.32. The van der Waals surface area contributed by atoms with E-state index in [0.29, 0.717) is 6.04 Å². The molecule has 112 valence electrons. The van der Waals surface area contributed by atoms with Crippen molar-refractivity contribution in [1.82, 2.24) is 10.2 Å². The molecule has 0 amide bonds. The van der Waals surface area contributed by atoms with Gasteiger partial charge in [0.05, 0.1) is 0 Å². The molecule has 1 aliphatic heterocycles. The first-order chi connectivity index (χ1) is 9.58. The Balaban J connectivity index is 2.17. The average Bonchev–Trinajstić information content (AvgIpc) is 2.44. The van der Waals surface area contributed by atoms with Crippen LogP contribution >= 0.6 is 31.9 Å². The van der Waals surface area contributed by atoms with E-state index in [2.05, 4.69) is 74.1 Å². The van der Waals surface area contributed by atoms with Crippen LogP contribution in [0.2, 0.25) is 0 Å². The van der Waals surface area contributed by atoms with Crippen molar-refractivity contribution in [3.63, 3.8) is 0 Å². The van der Waals surface area contributed by atoms with Crippen molar-refractivity contribution in [2.45, 2.75) is 32.7 Å². The van der Waals surface area contributed by atoms with Crippen LogP contribution in [0.5, 0.6) is 0 Å². The Kier molecular flexibility index (Phi) is 6.53. The third kappa shape index (κ3) is 4.55. The largest absolute Gasteiger partial charge is 0.314 e. The first-order valence-corrected chi connectivity index (χ1v) is 9.06. The van der Waals surface area contributed by atoms with Gasteiger partial charge in [0.15, 0.2) is 0 Å². The van der Waals surface area contributed by atoms with Gasteiger partial charge in [0.2, 0.25) is 0 Å². The number of nitrogens with one attached hydrogen (secondary N) is 1. The first kappa shape index (κ1) is 16.5. The maximum Gasteiger partial charge on any atom is 0.0349 e. The number of hydrogen-bond acceptors (Lipinski definition) is 2. The molecule has 0 unspecified atom stereocenters. The molecule has 0 spiro atoms. The minimum Gasteiger partial charge on any atom is -0.314 e. The van der Waals surface area contributed by atoms with Crippen LogP contribution in [0.3, 0.4) is 0 Å². The summed E-state index contributed by atoms with van der Waals surface area (Å²) in [4.78, 5) is 2.63. The highest BCUT2D eigenvalue weighted by Gasteiger charge is 2.22. The van der Waals surface area contributed by atoms with Gasteiger partial charge in [0.1, 0.15) is 0 Å². The standard InChI is InChI=1S/C16H24Br2N2/c1-12(2)3-6-16(20-9-7-19-8-10-20)13-4-5-14(17)15(18)11-13/h4-5,11-12,16,19H,3,6-10H2,1-2H3/t16-/m0/s1. The van der Waals surface area contributed by atoms with E-state index in [1.807, 2.05) is 0 Å². The molecule has 4 heteroatoms. The van der Waals surface area contributed by atoms with Gasteiger partial charge >= 0.3 is 0 Å². The number of nitrogens with zero attached hydrogens (tertiary/aromatic N) is 1. The number of hydrogen-bond donors (Lipinski definition) is 1. The fourth-order valence-electron chi connectivity index (χ4n) is 2.76. The van der Waals surface area contributed by atoms with Gasteiger partial charge in [-0.3, -0.25) is 4.90 Å². The van der Waals surface area contributed by atoms with Crippen molar-refractivity contribution in [2.24, 2.45) is 5.92 Å². The summed E-state index contributed by atoms with van der Waals surface area (Å²) in [6.45, 7) is 9.14. The Morgan fingerprint density at radius 1 is 1.10 bits per heavy atom. The SMILES string of the molecule is CC(C)CC[C@@H](c1ccc(Br)c(Br)c1)N1CCNCC1. The molecule has 1 atom stereocenters. The Labute approximate surface area is 139 Å². The van der Waals surface area contributed by atoms with Crippen molar-refractivity contribution >= 4 is 31.9 Å². The van der Waals surface area contributed by atoms with Gasteiger partial charge in [0.25, 0.3) is 0 Å². The van der Waals surface area contributed by atoms with Crippen LogP contribution in [0, 0.1) is 5.92 Å². The molecular weight excluding hydrogens is 380 g/mol. The number of benzene rings is 1. The van der Waals surface area contributed by atoms with Crippen molar-refractivity contribution < 1.29 is 0 Å². The van der Waals surface area contributed by atoms with Crippen LogP contribution in [0.1, 0.15) is 38.3 Å². The maximum atomic E-state index is 3.64. The van der Waals surface area contributed by atoms with E-state index in [-0.39, 0.29) is 0 Å². The van der Waals surface area contributed by atoms with Crippen LogP contribution < -0.4 is 5.32 Å². The molecule has 1 fully saturated rings. The summed E-state index contributed by atoms with van der Waals surface area (Å²) < 4.78 is 2.28. The molecule has 20 heavy (non-hydrogen) atoms. The second-order valence-electron chi connectivity index (χ2n) is 5.95. The van der Waals surface area contributed by atoms with Crippen molar-refractivity contribution in [3.8, 4) is 0 Å². The molecule has 1 aliphatic rings. The number of piperazine rings is 1. The second kappa shape index (κ2) is 7.92. The zero-order chi connectivity index (χ0) is 14.5. The van der Waals surface area contributed by atoms with Gasteiger partial charge in [0, 0.05) is 41.2 Å². The van der Waals surface area contributed by atoms with E-state index in [1.165, 1.54) is 18.4 Å². The highest BCUT2D eigenvalue weighted by atomic mass is 79.9. The van der Waals surface area contributed by atoms with Crippen LogP contribution in [-0.4, -0.2) is 31.1 Å².